The maximum absolute atomic E-state index is 13.1. The molecule has 1 amide bonds. The highest BCUT2D eigenvalue weighted by Crippen LogP contribution is 2.28. The van der Waals surface area contributed by atoms with Gasteiger partial charge in [0.15, 0.2) is 0 Å². The predicted molar refractivity (Wildman–Crippen MR) is 121 cm³/mol. The van der Waals surface area contributed by atoms with E-state index in [4.69, 9.17) is 4.74 Å². The van der Waals surface area contributed by atoms with Gasteiger partial charge in [-0.15, -0.1) is 11.3 Å². The van der Waals surface area contributed by atoms with Gasteiger partial charge in [0, 0.05) is 48.2 Å². The number of benzene rings is 1. The van der Waals surface area contributed by atoms with Crippen molar-refractivity contribution in [2.45, 2.75) is 16.0 Å². The highest BCUT2D eigenvalue weighted by Gasteiger charge is 2.26. The van der Waals surface area contributed by atoms with E-state index in [1.165, 1.54) is 4.88 Å². The van der Waals surface area contributed by atoms with E-state index in [2.05, 4.69) is 27.4 Å². The van der Waals surface area contributed by atoms with E-state index in [1.807, 2.05) is 54.4 Å². The summed E-state index contributed by atoms with van der Waals surface area (Å²) in [5.74, 6) is 0.0409. The molecule has 0 spiro atoms. The quantitative estimate of drug-likeness (QED) is 0.545. The molecule has 1 aromatic carbocycles. The second-order valence-electron chi connectivity index (χ2n) is 7.16. The summed E-state index contributed by atoms with van der Waals surface area (Å²) in [4.78, 5) is 24.0. The molecule has 3 heterocycles. The van der Waals surface area contributed by atoms with Crippen molar-refractivity contribution in [2.24, 2.45) is 0 Å². The molecule has 2 aromatic heterocycles. The zero-order valence-electron chi connectivity index (χ0n) is 16.9. The normalized spacial score (nSPS) is 15.6. The van der Waals surface area contributed by atoms with Crippen molar-refractivity contribution in [1.29, 1.82) is 0 Å². The highest BCUT2D eigenvalue weighted by molar-refractivity contribution is 7.99. The van der Waals surface area contributed by atoms with Gasteiger partial charge in [-0.2, -0.15) is 0 Å². The Morgan fingerprint density at radius 3 is 2.63 bits per heavy atom. The molecule has 0 bridgehead atoms. The molecule has 5 nitrogen and oxygen atoms in total. The van der Waals surface area contributed by atoms with Gasteiger partial charge in [0.2, 0.25) is 0 Å². The summed E-state index contributed by atoms with van der Waals surface area (Å²) in [6, 6.07) is 18.1. The predicted octanol–water partition coefficient (Wildman–Crippen LogP) is 4.44. The Balaban J connectivity index is 1.42. The number of aromatic nitrogens is 1. The van der Waals surface area contributed by atoms with E-state index in [1.54, 1.807) is 29.3 Å². The lowest BCUT2D eigenvalue weighted by molar-refractivity contribution is 0.0104. The maximum atomic E-state index is 13.1. The summed E-state index contributed by atoms with van der Waals surface area (Å²) < 4.78 is 5.52. The third-order valence-electron chi connectivity index (χ3n) is 5.11. The van der Waals surface area contributed by atoms with Crippen LogP contribution in [0.25, 0.3) is 0 Å². The average Bonchev–Trinajstić information content (AvgIpc) is 3.33. The van der Waals surface area contributed by atoms with Gasteiger partial charge in [0.1, 0.15) is 5.03 Å². The SMILES string of the molecule is CN(C[C@H](c1cccs1)N1CCOCC1)C(=O)c1ccc(Sc2ccccn2)cc1. The number of ether oxygens (including phenoxy) is 1. The fraction of sp³-hybridized carbons (Fsp3) is 0.304. The highest BCUT2D eigenvalue weighted by atomic mass is 32.2. The largest absolute Gasteiger partial charge is 0.379 e. The Morgan fingerprint density at radius 2 is 1.97 bits per heavy atom. The second kappa shape index (κ2) is 10.2. The topological polar surface area (TPSA) is 45.7 Å². The first-order chi connectivity index (χ1) is 14.7. The first-order valence-electron chi connectivity index (χ1n) is 10.0. The number of hydrogen-bond donors (Lipinski definition) is 0. The van der Waals surface area contributed by atoms with Crippen molar-refractivity contribution in [3.63, 3.8) is 0 Å². The molecular formula is C23H25N3O2S2. The van der Waals surface area contributed by atoms with Crippen molar-refractivity contribution in [3.05, 3.63) is 76.6 Å². The average molecular weight is 440 g/mol. The molecule has 1 aliphatic heterocycles. The Morgan fingerprint density at radius 1 is 1.17 bits per heavy atom. The molecule has 0 N–H and O–H groups in total. The van der Waals surface area contributed by atoms with Crippen LogP contribution in [0.4, 0.5) is 0 Å². The number of thiophene rings is 1. The number of amides is 1. The Labute approximate surface area is 185 Å². The summed E-state index contributed by atoms with van der Waals surface area (Å²) in [6.45, 7) is 3.93. The molecule has 30 heavy (non-hydrogen) atoms. The van der Waals surface area contributed by atoms with Crippen molar-refractivity contribution in [1.82, 2.24) is 14.8 Å². The van der Waals surface area contributed by atoms with E-state index < -0.39 is 0 Å². The fourth-order valence-corrected chi connectivity index (χ4v) is 5.14. The standard InChI is InChI=1S/C23H25N3O2S2/c1-25(17-20(21-5-4-16-29-21)26-12-14-28-15-13-26)23(27)18-7-9-19(10-8-18)30-22-6-2-3-11-24-22/h2-11,16,20H,12-15,17H2,1H3/t20-/m1/s1. The fourth-order valence-electron chi connectivity index (χ4n) is 3.51. The number of morpholine rings is 1. The molecule has 1 atom stereocenters. The van der Waals surface area contributed by atoms with E-state index in [0.29, 0.717) is 12.1 Å². The zero-order chi connectivity index (χ0) is 20.8. The van der Waals surface area contributed by atoms with Crippen LogP contribution < -0.4 is 0 Å². The van der Waals surface area contributed by atoms with Crippen LogP contribution in [0.5, 0.6) is 0 Å². The molecule has 1 saturated heterocycles. The van der Waals surface area contributed by atoms with Crippen LogP contribution in [-0.4, -0.2) is 60.6 Å². The van der Waals surface area contributed by atoms with Crippen molar-refractivity contribution < 1.29 is 9.53 Å². The summed E-state index contributed by atoms with van der Waals surface area (Å²) >= 11 is 3.34. The van der Waals surface area contributed by atoms with Crippen LogP contribution in [0, 0.1) is 0 Å². The van der Waals surface area contributed by atoms with Gasteiger partial charge < -0.3 is 9.64 Å². The van der Waals surface area contributed by atoms with E-state index in [9.17, 15) is 4.79 Å². The van der Waals surface area contributed by atoms with Crippen LogP contribution in [0.15, 0.2) is 76.1 Å². The van der Waals surface area contributed by atoms with Crippen molar-refractivity contribution >= 4 is 29.0 Å². The summed E-state index contributed by atoms with van der Waals surface area (Å²) in [5, 5.41) is 3.04. The Bertz CT molecular complexity index is 927. The van der Waals surface area contributed by atoms with Gasteiger partial charge >= 0.3 is 0 Å². The van der Waals surface area contributed by atoms with Gasteiger partial charge in [0.05, 0.1) is 19.3 Å². The van der Waals surface area contributed by atoms with Gasteiger partial charge in [-0.1, -0.05) is 23.9 Å². The third-order valence-corrected chi connectivity index (χ3v) is 7.05. The minimum atomic E-state index is 0.0409. The molecule has 4 rings (SSSR count). The maximum Gasteiger partial charge on any atom is 0.253 e. The molecule has 0 aliphatic carbocycles. The van der Waals surface area contributed by atoms with Crippen LogP contribution in [0.3, 0.4) is 0 Å². The molecule has 1 fully saturated rings. The molecular weight excluding hydrogens is 414 g/mol. The molecule has 0 radical (unpaired) electrons. The summed E-state index contributed by atoms with van der Waals surface area (Å²) in [5.41, 5.74) is 0.703. The molecule has 3 aromatic rings. The Kier molecular flexibility index (Phi) is 7.17. The lowest BCUT2D eigenvalue weighted by Gasteiger charge is -2.36. The lowest BCUT2D eigenvalue weighted by atomic mass is 10.1. The first kappa shape index (κ1) is 21.1. The van der Waals surface area contributed by atoms with E-state index in [-0.39, 0.29) is 11.9 Å². The first-order valence-corrected chi connectivity index (χ1v) is 11.7. The monoisotopic (exact) mass is 439 g/mol. The van der Waals surface area contributed by atoms with Crippen LogP contribution in [-0.2, 0) is 4.74 Å². The van der Waals surface area contributed by atoms with Gasteiger partial charge in [-0.3, -0.25) is 9.69 Å². The van der Waals surface area contributed by atoms with Crippen LogP contribution in [0.1, 0.15) is 21.3 Å². The number of carbonyl (C=O) groups is 1. The number of hydrogen-bond acceptors (Lipinski definition) is 6. The minimum absolute atomic E-state index is 0.0409. The summed E-state index contributed by atoms with van der Waals surface area (Å²) in [7, 11) is 1.89. The number of likely N-dealkylation sites (N-methyl/N-ethyl adjacent to an activating group) is 1. The van der Waals surface area contributed by atoms with Gasteiger partial charge in [-0.25, -0.2) is 4.98 Å². The second-order valence-corrected chi connectivity index (χ2v) is 9.23. The number of rotatable bonds is 7. The van der Waals surface area contributed by atoms with E-state index >= 15 is 0 Å². The number of pyridine rings is 1. The Hall–Kier alpha value is -2.19. The van der Waals surface area contributed by atoms with Gasteiger partial charge in [-0.05, 0) is 47.8 Å². The minimum Gasteiger partial charge on any atom is -0.379 e. The smallest absolute Gasteiger partial charge is 0.253 e. The molecule has 0 saturated carbocycles. The summed E-state index contributed by atoms with van der Waals surface area (Å²) in [6.07, 6.45) is 1.79. The molecule has 0 unspecified atom stereocenters. The van der Waals surface area contributed by atoms with Crippen LogP contribution in [0.2, 0.25) is 0 Å². The van der Waals surface area contributed by atoms with Crippen LogP contribution >= 0.6 is 23.1 Å². The zero-order valence-corrected chi connectivity index (χ0v) is 18.6. The van der Waals surface area contributed by atoms with Gasteiger partial charge in [0.25, 0.3) is 5.91 Å². The number of nitrogens with zero attached hydrogens (tertiary/aromatic N) is 3. The lowest BCUT2D eigenvalue weighted by Crippen LogP contribution is -2.44. The molecule has 7 heteroatoms. The number of carbonyl (C=O) groups excluding carboxylic acids is 1. The molecule has 1 aliphatic rings. The van der Waals surface area contributed by atoms with E-state index in [0.717, 1.165) is 36.2 Å². The third kappa shape index (κ3) is 5.29. The van der Waals surface area contributed by atoms with Crippen molar-refractivity contribution in [3.8, 4) is 0 Å². The van der Waals surface area contributed by atoms with Crippen molar-refractivity contribution in [2.75, 3.05) is 39.9 Å². The molecule has 156 valence electrons.